The van der Waals surface area contributed by atoms with Crippen LogP contribution in [0.2, 0.25) is 5.02 Å². The molecule has 0 radical (unpaired) electrons. The number of hydrogen-bond donors (Lipinski definition) is 1. The molecule has 176 valence electrons. The number of anilines is 2. The highest BCUT2D eigenvalue weighted by molar-refractivity contribution is 6.31. The smallest absolute Gasteiger partial charge is 0.183 e. The summed E-state index contributed by atoms with van der Waals surface area (Å²) in [6.45, 7) is 2.09. The first-order valence-electron chi connectivity index (χ1n) is 11.1. The Morgan fingerprint density at radius 2 is 1.89 bits per heavy atom. The Balaban J connectivity index is 1.60. The second-order valence-electron chi connectivity index (χ2n) is 7.85. The van der Waals surface area contributed by atoms with Crippen LogP contribution in [-0.4, -0.2) is 31.8 Å². The first-order valence-corrected chi connectivity index (χ1v) is 11.5. The highest BCUT2D eigenvalue weighted by Gasteiger charge is 2.19. The molecule has 3 heterocycles. The van der Waals surface area contributed by atoms with Crippen molar-refractivity contribution in [3.63, 3.8) is 0 Å². The molecule has 0 bridgehead atoms. The molecular weight excluding hydrogens is 467 g/mol. The number of para-hydroxylation sites is 1. The Kier molecular flexibility index (Phi) is 6.29. The lowest BCUT2D eigenvalue weighted by Crippen LogP contribution is -2.07. The minimum absolute atomic E-state index is 0.178. The number of fused-ring (bicyclic) bond motifs is 1. The number of aromatic nitrogens is 5. The van der Waals surface area contributed by atoms with Crippen molar-refractivity contribution >= 4 is 34.0 Å². The third kappa shape index (κ3) is 4.40. The molecule has 2 aromatic carbocycles. The molecule has 5 rings (SSSR count). The quantitative estimate of drug-likeness (QED) is 0.301. The fourth-order valence-electron chi connectivity index (χ4n) is 3.92. The molecule has 5 aromatic rings. The third-order valence-electron chi connectivity index (χ3n) is 5.74. The fraction of sp³-hybridized carbons (Fsp3) is 0.154. The number of rotatable bonds is 7. The van der Waals surface area contributed by atoms with Gasteiger partial charge in [-0.2, -0.15) is 5.10 Å². The summed E-state index contributed by atoms with van der Waals surface area (Å²) in [4.78, 5) is 13.2. The molecule has 9 heteroatoms. The second-order valence-corrected chi connectivity index (χ2v) is 8.25. The van der Waals surface area contributed by atoms with Crippen molar-refractivity contribution in [1.29, 1.82) is 0 Å². The van der Waals surface area contributed by atoms with Crippen LogP contribution in [0.1, 0.15) is 18.1 Å². The number of benzene rings is 2. The van der Waals surface area contributed by atoms with Gasteiger partial charge in [-0.05, 0) is 36.2 Å². The molecule has 0 aliphatic heterocycles. The van der Waals surface area contributed by atoms with Crippen molar-refractivity contribution in [2.45, 2.75) is 19.9 Å². The molecule has 3 aromatic heterocycles. The maximum atomic E-state index is 15.1. The number of halogens is 2. The summed E-state index contributed by atoms with van der Waals surface area (Å²) in [7, 11) is 1.56. The Bertz CT molecular complexity index is 1510. The molecule has 0 aliphatic carbocycles. The lowest BCUT2D eigenvalue weighted by molar-refractivity contribution is 0.413. The van der Waals surface area contributed by atoms with E-state index >= 15 is 4.39 Å². The molecule has 7 nitrogen and oxygen atoms in total. The van der Waals surface area contributed by atoms with E-state index in [1.165, 1.54) is 0 Å². The van der Waals surface area contributed by atoms with Crippen LogP contribution in [0.5, 0.6) is 5.75 Å². The summed E-state index contributed by atoms with van der Waals surface area (Å²) in [5.41, 5.74) is 3.22. The maximum absolute atomic E-state index is 15.1. The zero-order valence-electron chi connectivity index (χ0n) is 19.2. The van der Waals surface area contributed by atoms with Crippen LogP contribution >= 0.6 is 11.6 Å². The topological polar surface area (TPSA) is 77.8 Å². The summed E-state index contributed by atoms with van der Waals surface area (Å²) in [5.74, 6) is 1.09. The number of pyridine rings is 1. The molecule has 0 spiro atoms. The van der Waals surface area contributed by atoms with E-state index in [0.717, 1.165) is 16.6 Å². The molecule has 0 fully saturated rings. The molecule has 0 saturated heterocycles. The summed E-state index contributed by atoms with van der Waals surface area (Å²) >= 11 is 6.38. The van der Waals surface area contributed by atoms with E-state index in [1.807, 2.05) is 43.3 Å². The fourth-order valence-corrected chi connectivity index (χ4v) is 4.13. The van der Waals surface area contributed by atoms with Gasteiger partial charge in [0.15, 0.2) is 17.4 Å². The van der Waals surface area contributed by atoms with Crippen LogP contribution in [0.25, 0.3) is 22.4 Å². The van der Waals surface area contributed by atoms with E-state index in [4.69, 9.17) is 26.4 Å². The molecule has 0 amide bonds. The normalized spacial score (nSPS) is 11.1. The Hall–Kier alpha value is -4.04. The predicted octanol–water partition coefficient (Wildman–Crippen LogP) is 6.04. The highest BCUT2D eigenvalue weighted by atomic mass is 35.5. The molecular formula is C26H22ClFN6O. The van der Waals surface area contributed by atoms with Crippen LogP contribution in [-0.2, 0) is 13.0 Å². The van der Waals surface area contributed by atoms with Crippen molar-refractivity contribution in [1.82, 2.24) is 24.7 Å². The maximum Gasteiger partial charge on any atom is 0.183 e. The van der Waals surface area contributed by atoms with Crippen molar-refractivity contribution in [2.75, 3.05) is 12.4 Å². The van der Waals surface area contributed by atoms with Gasteiger partial charge in [0.1, 0.15) is 11.5 Å². The zero-order valence-corrected chi connectivity index (χ0v) is 19.9. The van der Waals surface area contributed by atoms with E-state index in [1.54, 1.807) is 42.5 Å². The molecule has 0 atom stereocenters. The molecule has 0 aliphatic rings. The molecule has 35 heavy (non-hydrogen) atoms. The molecule has 1 N–H and O–H groups in total. The van der Waals surface area contributed by atoms with Crippen molar-refractivity contribution < 1.29 is 9.13 Å². The van der Waals surface area contributed by atoms with Crippen LogP contribution in [0.4, 0.5) is 15.9 Å². The molecule has 0 unspecified atom stereocenters. The standard InChI is InChI=1S/C26H22ClFN6O/c1-3-16-8-9-20(27)19(23(16)28)15-34-21-7-5-4-6-18(21)24(33-34)26-30-14-22(35-2)25(32-26)31-17-10-12-29-13-11-17/h4-14H,3,15H2,1-2H3,(H,29,30,31,32). The number of methoxy groups -OCH3 is 1. The Morgan fingerprint density at radius 1 is 1.09 bits per heavy atom. The van der Waals surface area contributed by atoms with E-state index < -0.39 is 0 Å². The summed E-state index contributed by atoms with van der Waals surface area (Å²) in [5, 5.41) is 9.23. The Labute approximate surface area is 206 Å². The van der Waals surface area contributed by atoms with Crippen molar-refractivity contribution in [3.05, 3.63) is 89.1 Å². The SMILES string of the molecule is CCc1ccc(Cl)c(Cn2nc(-c3ncc(OC)c(Nc4ccncc4)n3)c3ccccc32)c1F. The van der Waals surface area contributed by atoms with Gasteiger partial charge >= 0.3 is 0 Å². The first-order chi connectivity index (χ1) is 17.1. The molecule has 0 saturated carbocycles. The summed E-state index contributed by atoms with van der Waals surface area (Å²) in [6.07, 6.45) is 5.54. The third-order valence-corrected chi connectivity index (χ3v) is 6.10. The number of nitrogens with one attached hydrogen (secondary N) is 1. The van der Waals surface area contributed by atoms with Gasteiger partial charge in [-0.3, -0.25) is 9.67 Å². The van der Waals surface area contributed by atoms with Gasteiger partial charge in [-0.25, -0.2) is 14.4 Å². The zero-order chi connectivity index (χ0) is 24.4. The van der Waals surface area contributed by atoms with Crippen LogP contribution in [0.3, 0.4) is 0 Å². The minimum Gasteiger partial charge on any atom is -0.491 e. The second kappa shape index (κ2) is 9.68. The number of ether oxygens (including phenoxy) is 1. The average Bonchev–Trinajstić information content (AvgIpc) is 3.26. The van der Waals surface area contributed by atoms with Gasteiger partial charge in [0.2, 0.25) is 0 Å². The lowest BCUT2D eigenvalue weighted by atomic mass is 10.1. The van der Waals surface area contributed by atoms with Gasteiger partial charge in [-0.15, -0.1) is 0 Å². The van der Waals surface area contributed by atoms with E-state index in [9.17, 15) is 0 Å². The first kappa shape index (κ1) is 22.7. The monoisotopic (exact) mass is 488 g/mol. The average molecular weight is 489 g/mol. The largest absolute Gasteiger partial charge is 0.491 e. The summed E-state index contributed by atoms with van der Waals surface area (Å²) in [6, 6.07) is 14.8. The van der Waals surface area contributed by atoms with E-state index in [-0.39, 0.29) is 12.4 Å². The number of aryl methyl sites for hydroxylation is 1. The predicted molar refractivity (Wildman–Crippen MR) is 135 cm³/mol. The lowest BCUT2D eigenvalue weighted by Gasteiger charge is -2.11. The number of nitrogens with zero attached hydrogens (tertiary/aromatic N) is 5. The Morgan fingerprint density at radius 3 is 2.66 bits per heavy atom. The minimum atomic E-state index is -0.300. The van der Waals surface area contributed by atoms with Crippen molar-refractivity contribution in [2.24, 2.45) is 0 Å². The van der Waals surface area contributed by atoms with Crippen LogP contribution in [0.15, 0.2) is 67.1 Å². The van der Waals surface area contributed by atoms with Gasteiger partial charge in [-0.1, -0.05) is 42.8 Å². The van der Waals surface area contributed by atoms with Crippen molar-refractivity contribution in [3.8, 4) is 17.3 Å². The summed E-state index contributed by atoms with van der Waals surface area (Å²) < 4.78 is 22.3. The van der Waals surface area contributed by atoms with Crippen LogP contribution < -0.4 is 10.1 Å². The van der Waals surface area contributed by atoms with Crippen LogP contribution in [0, 0.1) is 5.82 Å². The number of hydrogen-bond acceptors (Lipinski definition) is 6. The van der Waals surface area contributed by atoms with Gasteiger partial charge in [0.05, 0.1) is 25.4 Å². The van der Waals surface area contributed by atoms with Gasteiger partial charge in [0, 0.05) is 34.1 Å². The van der Waals surface area contributed by atoms with Gasteiger partial charge < -0.3 is 10.1 Å². The van der Waals surface area contributed by atoms with Gasteiger partial charge in [0.25, 0.3) is 0 Å². The van der Waals surface area contributed by atoms with E-state index in [2.05, 4.69) is 15.3 Å². The highest BCUT2D eigenvalue weighted by Crippen LogP contribution is 2.32. The van der Waals surface area contributed by atoms with E-state index in [0.29, 0.717) is 45.7 Å².